The minimum absolute atomic E-state index is 0.0733. The quantitative estimate of drug-likeness (QED) is 0.314. The van der Waals surface area contributed by atoms with Crippen molar-refractivity contribution in [2.24, 2.45) is 76.9 Å². The molecule has 0 radical (unpaired) electrons. The first-order valence-electron chi connectivity index (χ1n) is 33.3. The summed E-state index contributed by atoms with van der Waals surface area (Å²) in [5.41, 5.74) is 18.1. The zero-order valence-corrected chi connectivity index (χ0v) is 51.7. The second kappa shape index (κ2) is 16.9. The van der Waals surface area contributed by atoms with Crippen LogP contribution in [0.25, 0.3) is 0 Å². The molecule has 4 heteroatoms. The van der Waals surface area contributed by atoms with Crippen LogP contribution in [0.3, 0.4) is 0 Å². The third-order valence-corrected chi connectivity index (χ3v) is 28.2. The Hall–Kier alpha value is -2.36. The Labute approximate surface area is 465 Å². The van der Waals surface area contributed by atoms with E-state index in [9.17, 15) is 0 Å². The molecule has 0 saturated heterocycles. The van der Waals surface area contributed by atoms with Gasteiger partial charge in [-0.25, -0.2) is 0 Å². The van der Waals surface area contributed by atoms with Crippen molar-refractivity contribution in [3.8, 4) is 0 Å². The van der Waals surface area contributed by atoms with Crippen molar-refractivity contribution >= 4 is 22.7 Å². The molecule has 6 aliphatic carbocycles. The molecule has 418 valence electrons. The fourth-order valence-corrected chi connectivity index (χ4v) is 24.2. The molecule has 4 nitrogen and oxygen atoms in total. The Kier molecular flexibility index (Phi) is 11.5. The molecule has 6 fully saturated rings. The van der Waals surface area contributed by atoms with Crippen LogP contribution in [0, 0.1) is 76.9 Å². The molecular weight excluding hydrogens is 921 g/mol. The lowest BCUT2D eigenvalue weighted by Crippen LogP contribution is -2.67. The molecule has 6 saturated carbocycles. The third-order valence-electron chi connectivity index (χ3n) is 28.2. The van der Waals surface area contributed by atoms with E-state index in [2.05, 4.69) is 150 Å². The fourth-order valence-electron chi connectivity index (χ4n) is 24.2. The van der Waals surface area contributed by atoms with Gasteiger partial charge in [-0.2, -0.15) is 0 Å². The highest BCUT2D eigenvalue weighted by molar-refractivity contribution is 5.82. The maximum atomic E-state index is 4.53. The van der Waals surface area contributed by atoms with Crippen LogP contribution in [0.5, 0.6) is 0 Å². The van der Waals surface area contributed by atoms with E-state index >= 15 is 0 Å². The summed E-state index contributed by atoms with van der Waals surface area (Å²) in [7, 11) is 0. The van der Waals surface area contributed by atoms with Crippen LogP contribution in [0.4, 0.5) is 22.7 Å². The monoisotopic (exact) mass is 1030 g/mol. The molecule has 0 aromatic heterocycles. The Morgan fingerprint density at radius 1 is 0.382 bits per heavy atom. The maximum Gasteiger partial charge on any atom is 0.0452 e. The summed E-state index contributed by atoms with van der Waals surface area (Å²) in [6.45, 7) is 46.1. The number of hydrogen-bond acceptors (Lipinski definition) is 4. The average molecular weight is 1030 g/mol. The number of nitrogens with one attached hydrogen (secondary N) is 2. The van der Waals surface area contributed by atoms with Crippen LogP contribution in [0.1, 0.15) is 267 Å². The van der Waals surface area contributed by atoms with Crippen LogP contribution in [-0.2, 0) is 32.5 Å². The highest BCUT2D eigenvalue weighted by Gasteiger charge is 2.65. The molecule has 2 aromatic rings. The Bertz CT molecular complexity index is 2670. The zero-order valence-electron chi connectivity index (χ0n) is 51.7. The fraction of sp³-hybridized carbons (Fsp3) is 0.833. The lowest BCUT2D eigenvalue weighted by molar-refractivity contribution is 0.0322. The predicted octanol–water partition coefficient (Wildman–Crippen LogP) is 18.0. The molecule has 6 heterocycles. The minimum atomic E-state index is 0.0733. The Balaban J connectivity index is 0.935. The van der Waals surface area contributed by atoms with E-state index in [0.29, 0.717) is 77.7 Å². The van der Waals surface area contributed by atoms with E-state index < -0.39 is 0 Å². The van der Waals surface area contributed by atoms with E-state index in [-0.39, 0.29) is 32.5 Å². The van der Waals surface area contributed by atoms with Gasteiger partial charge in [0.25, 0.3) is 0 Å². The summed E-state index contributed by atoms with van der Waals surface area (Å²) >= 11 is 0. The van der Waals surface area contributed by atoms with E-state index in [1.54, 1.807) is 44.9 Å². The summed E-state index contributed by atoms with van der Waals surface area (Å²) in [6.07, 6.45) is 24.8. The lowest BCUT2D eigenvalue weighted by atomic mass is 9.47. The zero-order chi connectivity index (χ0) is 53.5. The van der Waals surface area contributed by atoms with Gasteiger partial charge in [-0.1, -0.05) is 150 Å². The summed E-state index contributed by atoms with van der Waals surface area (Å²) in [5.74, 6) is 9.57. The molecule has 12 aliphatic rings. The standard InChI is InChI=1S/C72H110N4/c1-38-18-23-45-53(28-38)73-55-35-51-65-63(61(55)68(45,9)10)71(15,16)50-34-44(43(6)33-60(50)76(65)57-30-40(3)20-25-47(57)67(51,7)8)37-72(17)49-27-22-42(5)32-59(49)75-58-31-41(4)21-26-48(58)70(13,14)64-62-56(36-52(72)66(64)75)74-54-29-39(2)19-24-46(54)69(62,11)12/h35-36,38-50,53-54,57-60,73-74H,18-34,37H2,1-17H3. The van der Waals surface area contributed by atoms with Crippen molar-refractivity contribution in [2.75, 3.05) is 20.4 Å². The van der Waals surface area contributed by atoms with Crippen LogP contribution in [0.15, 0.2) is 12.1 Å². The van der Waals surface area contributed by atoms with Gasteiger partial charge in [-0.15, -0.1) is 0 Å². The number of nitrogens with zero attached hydrogens (tertiary/aromatic N) is 2. The molecule has 2 aromatic carbocycles. The van der Waals surface area contributed by atoms with Crippen LogP contribution in [0.2, 0.25) is 0 Å². The van der Waals surface area contributed by atoms with E-state index in [1.807, 2.05) is 5.56 Å². The Morgan fingerprint density at radius 3 is 1.25 bits per heavy atom. The summed E-state index contributed by atoms with van der Waals surface area (Å²) in [6, 6.07) is 9.45. The maximum absolute atomic E-state index is 4.53. The van der Waals surface area contributed by atoms with Gasteiger partial charge in [-0.3, -0.25) is 0 Å². The van der Waals surface area contributed by atoms with Crippen LogP contribution < -0.4 is 20.4 Å². The molecule has 2 N–H and O–H groups in total. The van der Waals surface area contributed by atoms with Gasteiger partial charge in [0, 0.05) is 59.0 Å². The van der Waals surface area contributed by atoms with Gasteiger partial charge < -0.3 is 20.4 Å². The SMILES string of the molecule is CC1CCC2C(C1)Nc1cc3c4c(c1C2(C)C)C(C)(C)C1CC(CC2(C)c5cc6c(c7c5N(C5CC(C)CCC5C7(C)C)C5CC(C)CCC52)C(C)(C)C2CCC(C)CC2N6)C(C)CC1N4C1CC(C)CCC1C3(C)C. The van der Waals surface area contributed by atoms with Crippen molar-refractivity contribution in [1.82, 2.24) is 0 Å². The number of benzene rings is 2. The first-order valence-corrected chi connectivity index (χ1v) is 33.3. The van der Waals surface area contributed by atoms with Gasteiger partial charge >= 0.3 is 0 Å². The van der Waals surface area contributed by atoms with Crippen molar-refractivity contribution in [3.05, 3.63) is 45.5 Å². The molecule has 0 bridgehead atoms. The van der Waals surface area contributed by atoms with Crippen LogP contribution in [-0.4, -0.2) is 36.3 Å². The van der Waals surface area contributed by atoms with Gasteiger partial charge in [0.15, 0.2) is 0 Å². The van der Waals surface area contributed by atoms with Gasteiger partial charge in [-0.05, 0) is 238 Å². The second-order valence-corrected chi connectivity index (χ2v) is 34.4. The van der Waals surface area contributed by atoms with Crippen molar-refractivity contribution in [1.29, 1.82) is 0 Å². The first kappa shape index (κ1) is 51.8. The second-order valence-electron chi connectivity index (χ2n) is 34.4. The normalized spacial score (nSPS) is 46.0. The van der Waals surface area contributed by atoms with Crippen LogP contribution >= 0.6 is 0 Å². The third kappa shape index (κ3) is 6.90. The van der Waals surface area contributed by atoms with E-state index in [1.165, 1.54) is 121 Å². The average Bonchev–Trinajstić information content (AvgIpc) is 3.50. The number of anilines is 4. The van der Waals surface area contributed by atoms with Gasteiger partial charge in [0.05, 0.1) is 0 Å². The minimum Gasteiger partial charge on any atom is -0.382 e. The van der Waals surface area contributed by atoms with Crippen molar-refractivity contribution < 1.29 is 0 Å². The summed E-state index contributed by atoms with van der Waals surface area (Å²) in [4.78, 5) is 6.60. The highest BCUT2D eigenvalue weighted by atomic mass is 15.3. The highest BCUT2D eigenvalue weighted by Crippen LogP contribution is 2.70. The number of hydrogen-bond donors (Lipinski definition) is 2. The van der Waals surface area contributed by atoms with Crippen molar-refractivity contribution in [3.63, 3.8) is 0 Å². The number of fused-ring (bicyclic) bond motifs is 14. The van der Waals surface area contributed by atoms with E-state index in [4.69, 9.17) is 0 Å². The molecular formula is C72H110N4. The molecule has 0 amide bonds. The van der Waals surface area contributed by atoms with E-state index in [0.717, 1.165) is 35.5 Å². The first-order chi connectivity index (χ1) is 35.8. The molecule has 14 rings (SSSR count). The largest absolute Gasteiger partial charge is 0.382 e. The summed E-state index contributed by atoms with van der Waals surface area (Å²) in [5, 5.41) is 8.98. The molecule has 0 spiro atoms. The van der Waals surface area contributed by atoms with Gasteiger partial charge in [0.2, 0.25) is 0 Å². The molecule has 20 atom stereocenters. The lowest BCUT2D eigenvalue weighted by Gasteiger charge is -2.67. The topological polar surface area (TPSA) is 30.5 Å². The van der Waals surface area contributed by atoms with Crippen molar-refractivity contribution in [2.45, 2.75) is 302 Å². The summed E-state index contributed by atoms with van der Waals surface area (Å²) < 4.78 is 0. The van der Waals surface area contributed by atoms with Gasteiger partial charge in [0.1, 0.15) is 0 Å². The smallest absolute Gasteiger partial charge is 0.0452 e. The molecule has 76 heavy (non-hydrogen) atoms. The molecule has 6 aliphatic heterocycles. The Morgan fingerprint density at radius 2 is 0.750 bits per heavy atom. The molecule has 20 unspecified atom stereocenters. The predicted molar refractivity (Wildman–Crippen MR) is 323 cm³/mol. The number of rotatable bonds is 2.